The SMILES string of the molecule is Clc1cccc(-n2nc3c(c2Cl)COCC3)c1. The third kappa shape index (κ3) is 1.95. The smallest absolute Gasteiger partial charge is 0.138 e. The van der Waals surface area contributed by atoms with E-state index in [0.29, 0.717) is 23.4 Å². The summed E-state index contributed by atoms with van der Waals surface area (Å²) in [5.74, 6) is 0. The lowest BCUT2D eigenvalue weighted by atomic mass is 10.2. The van der Waals surface area contributed by atoms with Gasteiger partial charge in [-0.1, -0.05) is 29.3 Å². The molecule has 5 heteroatoms. The Hall–Kier alpha value is -1.03. The lowest BCUT2D eigenvalue weighted by molar-refractivity contribution is 0.110. The highest BCUT2D eigenvalue weighted by Crippen LogP contribution is 2.28. The zero-order chi connectivity index (χ0) is 11.8. The molecule has 0 bridgehead atoms. The first-order chi connectivity index (χ1) is 8.25. The molecule has 0 atom stereocenters. The van der Waals surface area contributed by atoms with Gasteiger partial charge in [0.15, 0.2) is 0 Å². The van der Waals surface area contributed by atoms with Crippen LogP contribution in [0.5, 0.6) is 0 Å². The van der Waals surface area contributed by atoms with Crippen LogP contribution in [0.1, 0.15) is 11.3 Å². The van der Waals surface area contributed by atoms with Gasteiger partial charge >= 0.3 is 0 Å². The number of benzene rings is 1. The molecule has 17 heavy (non-hydrogen) atoms. The number of fused-ring (bicyclic) bond motifs is 1. The van der Waals surface area contributed by atoms with Gasteiger partial charge in [-0.15, -0.1) is 0 Å². The third-order valence-corrected chi connectivity index (χ3v) is 3.41. The molecule has 0 amide bonds. The van der Waals surface area contributed by atoms with E-state index in [1.807, 2.05) is 24.3 Å². The summed E-state index contributed by atoms with van der Waals surface area (Å²) in [5.41, 5.74) is 2.87. The highest BCUT2D eigenvalue weighted by atomic mass is 35.5. The highest BCUT2D eigenvalue weighted by Gasteiger charge is 2.20. The van der Waals surface area contributed by atoms with Gasteiger partial charge in [0.2, 0.25) is 0 Å². The van der Waals surface area contributed by atoms with E-state index in [9.17, 15) is 0 Å². The number of rotatable bonds is 1. The molecule has 3 nitrogen and oxygen atoms in total. The van der Waals surface area contributed by atoms with Crippen LogP contribution < -0.4 is 0 Å². The summed E-state index contributed by atoms with van der Waals surface area (Å²) in [4.78, 5) is 0. The van der Waals surface area contributed by atoms with Crippen molar-refractivity contribution in [2.75, 3.05) is 6.61 Å². The fourth-order valence-electron chi connectivity index (χ4n) is 1.94. The molecule has 0 saturated carbocycles. The van der Waals surface area contributed by atoms with Gasteiger partial charge in [-0.05, 0) is 18.2 Å². The molecule has 0 unspecified atom stereocenters. The Labute approximate surface area is 109 Å². The van der Waals surface area contributed by atoms with Crippen LogP contribution in [0.3, 0.4) is 0 Å². The normalized spacial score (nSPS) is 14.7. The Morgan fingerprint density at radius 1 is 1.29 bits per heavy atom. The summed E-state index contributed by atoms with van der Waals surface area (Å²) in [5, 5.41) is 5.79. The van der Waals surface area contributed by atoms with Crippen molar-refractivity contribution in [2.45, 2.75) is 13.0 Å². The molecule has 0 saturated heterocycles. The number of hydrogen-bond acceptors (Lipinski definition) is 2. The summed E-state index contributed by atoms with van der Waals surface area (Å²) in [6.07, 6.45) is 0.808. The molecular formula is C12H10Cl2N2O. The lowest BCUT2D eigenvalue weighted by Gasteiger charge is -2.09. The van der Waals surface area contributed by atoms with E-state index < -0.39 is 0 Å². The monoisotopic (exact) mass is 268 g/mol. The number of ether oxygens (including phenoxy) is 1. The molecule has 0 aliphatic carbocycles. The zero-order valence-electron chi connectivity index (χ0n) is 8.99. The van der Waals surface area contributed by atoms with Crippen LogP contribution in [-0.2, 0) is 17.8 Å². The number of nitrogens with zero attached hydrogens (tertiary/aromatic N) is 2. The van der Waals surface area contributed by atoms with Crippen molar-refractivity contribution in [1.82, 2.24) is 9.78 Å². The molecule has 0 spiro atoms. The summed E-state index contributed by atoms with van der Waals surface area (Å²) in [6.45, 7) is 1.24. The largest absolute Gasteiger partial charge is 0.376 e. The molecule has 1 aliphatic rings. The van der Waals surface area contributed by atoms with Gasteiger partial charge in [-0.3, -0.25) is 0 Å². The Morgan fingerprint density at radius 2 is 2.18 bits per heavy atom. The quantitative estimate of drug-likeness (QED) is 0.794. The van der Waals surface area contributed by atoms with Gasteiger partial charge in [-0.2, -0.15) is 5.10 Å². The van der Waals surface area contributed by atoms with Crippen molar-refractivity contribution in [1.29, 1.82) is 0 Å². The van der Waals surface area contributed by atoms with Crippen LogP contribution in [0.25, 0.3) is 5.69 Å². The van der Waals surface area contributed by atoms with Crippen molar-refractivity contribution in [3.63, 3.8) is 0 Å². The number of aromatic nitrogens is 2. The minimum Gasteiger partial charge on any atom is -0.376 e. The average Bonchev–Trinajstić information content (AvgIpc) is 2.68. The average molecular weight is 269 g/mol. The molecule has 3 rings (SSSR count). The Kier molecular flexibility index (Phi) is 2.82. The van der Waals surface area contributed by atoms with Gasteiger partial charge in [0.05, 0.1) is 24.6 Å². The molecule has 0 radical (unpaired) electrons. The van der Waals surface area contributed by atoms with Gasteiger partial charge in [-0.25, -0.2) is 4.68 Å². The second kappa shape index (κ2) is 4.33. The van der Waals surface area contributed by atoms with Crippen LogP contribution in [0.2, 0.25) is 10.2 Å². The van der Waals surface area contributed by atoms with E-state index in [4.69, 9.17) is 27.9 Å². The maximum atomic E-state index is 6.31. The summed E-state index contributed by atoms with van der Waals surface area (Å²) >= 11 is 12.3. The predicted molar refractivity (Wildman–Crippen MR) is 66.9 cm³/mol. The molecule has 1 aromatic carbocycles. The zero-order valence-corrected chi connectivity index (χ0v) is 10.5. The van der Waals surface area contributed by atoms with E-state index in [2.05, 4.69) is 5.10 Å². The Bertz CT molecular complexity index is 566. The van der Waals surface area contributed by atoms with Crippen LogP contribution in [0, 0.1) is 0 Å². The summed E-state index contributed by atoms with van der Waals surface area (Å²) in [7, 11) is 0. The minimum absolute atomic E-state index is 0.536. The van der Waals surface area contributed by atoms with Crippen molar-refractivity contribution in [3.05, 3.63) is 45.7 Å². The van der Waals surface area contributed by atoms with E-state index >= 15 is 0 Å². The summed E-state index contributed by atoms with van der Waals surface area (Å²) < 4.78 is 7.10. The van der Waals surface area contributed by atoms with Crippen LogP contribution in [-0.4, -0.2) is 16.4 Å². The van der Waals surface area contributed by atoms with Crippen molar-refractivity contribution in [2.24, 2.45) is 0 Å². The van der Waals surface area contributed by atoms with Crippen LogP contribution >= 0.6 is 23.2 Å². The standard InChI is InChI=1S/C12H10Cl2N2O/c13-8-2-1-3-9(6-8)16-12(14)10-7-17-5-4-11(10)15-16/h1-3,6H,4-5,7H2. The van der Waals surface area contributed by atoms with Crippen LogP contribution in [0.15, 0.2) is 24.3 Å². The maximum Gasteiger partial charge on any atom is 0.138 e. The van der Waals surface area contributed by atoms with E-state index in [1.165, 1.54) is 0 Å². The molecule has 1 aliphatic heterocycles. The molecule has 2 heterocycles. The van der Waals surface area contributed by atoms with E-state index in [1.54, 1.807) is 4.68 Å². The highest BCUT2D eigenvalue weighted by molar-refractivity contribution is 6.31. The molecule has 88 valence electrons. The predicted octanol–water partition coefficient (Wildman–Crippen LogP) is 3.25. The second-order valence-electron chi connectivity index (χ2n) is 3.91. The van der Waals surface area contributed by atoms with Gasteiger partial charge in [0.1, 0.15) is 5.15 Å². The first kappa shape index (κ1) is 11.1. The molecule has 0 N–H and O–H groups in total. The fraction of sp³-hybridized carbons (Fsp3) is 0.250. The van der Waals surface area contributed by atoms with Crippen molar-refractivity contribution < 1.29 is 4.74 Å². The molecular weight excluding hydrogens is 259 g/mol. The topological polar surface area (TPSA) is 27.1 Å². The lowest BCUT2D eigenvalue weighted by Crippen LogP contribution is -2.08. The second-order valence-corrected chi connectivity index (χ2v) is 4.70. The molecule has 0 fully saturated rings. The van der Waals surface area contributed by atoms with E-state index in [-0.39, 0.29) is 0 Å². The number of halogens is 2. The first-order valence-corrected chi connectivity index (χ1v) is 6.11. The van der Waals surface area contributed by atoms with Gasteiger partial charge in [0, 0.05) is 17.0 Å². The van der Waals surface area contributed by atoms with Gasteiger partial charge < -0.3 is 4.74 Å². The van der Waals surface area contributed by atoms with E-state index in [0.717, 1.165) is 23.4 Å². The minimum atomic E-state index is 0.536. The maximum absolute atomic E-state index is 6.31. The number of hydrogen-bond donors (Lipinski definition) is 0. The fourth-order valence-corrected chi connectivity index (χ4v) is 2.42. The Morgan fingerprint density at radius 3 is 2.94 bits per heavy atom. The molecule has 1 aromatic heterocycles. The van der Waals surface area contributed by atoms with Crippen molar-refractivity contribution in [3.8, 4) is 5.69 Å². The third-order valence-electron chi connectivity index (χ3n) is 2.79. The van der Waals surface area contributed by atoms with Crippen LogP contribution in [0.4, 0.5) is 0 Å². The van der Waals surface area contributed by atoms with Crippen molar-refractivity contribution >= 4 is 23.2 Å². The first-order valence-electron chi connectivity index (χ1n) is 5.35. The summed E-state index contributed by atoms with van der Waals surface area (Å²) in [6, 6.07) is 7.47. The molecule has 2 aromatic rings. The van der Waals surface area contributed by atoms with Gasteiger partial charge in [0.25, 0.3) is 0 Å². The Balaban J connectivity index is 2.12.